The second-order valence-corrected chi connectivity index (χ2v) is 17.3. The summed E-state index contributed by atoms with van der Waals surface area (Å²) in [4.78, 5) is 0. The molecule has 2 N–H and O–H groups in total. The molecule has 0 saturated carbocycles. The zero-order valence-corrected chi connectivity index (χ0v) is 34.4. The van der Waals surface area contributed by atoms with E-state index in [4.69, 9.17) is 5.73 Å². The summed E-state index contributed by atoms with van der Waals surface area (Å²) < 4.78 is 2.46. The molecule has 6 aromatic rings. The van der Waals surface area contributed by atoms with Crippen LogP contribution in [0.5, 0.6) is 0 Å². The molecular weight excluding hydrogens is 739 g/mol. The van der Waals surface area contributed by atoms with Gasteiger partial charge in [-0.25, -0.2) is 0 Å². The Morgan fingerprint density at radius 1 is 0.689 bits per heavy atom. The number of allylic oxidation sites excluding steroid dienone is 15. The van der Waals surface area contributed by atoms with E-state index in [1.165, 1.54) is 60.8 Å². The van der Waals surface area contributed by atoms with E-state index < -0.39 is 0 Å². The zero-order chi connectivity index (χ0) is 40.9. The monoisotopic (exact) mass is 787 g/mol. The number of nitrogens with two attached hydrogens (primary N) is 1. The van der Waals surface area contributed by atoms with Gasteiger partial charge in [0.2, 0.25) is 0 Å². The van der Waals surface area contributed by atoms with Crippen LogP contribution < -0.4 is 5.73 Å². The largest absolute Gasteiger partial charge is 0.330 e. The van der Waals surface area contributed by atoms with Gasteiger partial charge in [0.15, 0.2) is 0 Å². The maximum Gasteiger partial charge on any atom is 0.0960 e. The maximum absolute atomic E-state index is 11.1. The Labute approximate surface area is 359 Å². The fraction of sp³-hybridized carbons (Fsp3) is 0.190. The number of aromatic nitrogens is 1. The van der Waals surface area contributed by atoms with Crippen LogP contribution in [-0.4, -0.2) is 11.1 Å². The van der Waals surface area contributed by atoms with E-state index in [1.54, 1.807) is 0 Å². The quantitative estimate of drug-likeness (QED) is 0.175. The van der Waals surface area contributed by atoms with Gasteiger partial charge in [0.1, 0.15) is 0 Å². The van der Waals surface area contributed by atoms with Crippen molar-refractivity contribution < 1.29 is 0 Å². The van der Waals surface area contributed by atoms with Gasteiger partial charge in [-0.1, -0.05) is 146 Å². The lowest BCUT2D eigenvalue weighted by atomic mass is 9.63. The van der Waals surface area contributed by atoms with Crippen molar-refractivity contribution in [3.05, 3.63) is 232 Å². The highest BCUT2D eigenvalue weighted by atomic mass is 15.0. The number of rotatable bonds is 7. The third kappa shape index (κ3) is 6.28. The topological polar surface area (TPSA) is 54.7 Å². The molecule has 3 nitrogen and oxygen atoms in total. The Balaban J connectivity index is 1.12. The number of hydrogen-bond acceptors (Lipinski definition) is 2. The van der Waals surface area contributed by atoms with Crippen LogP contribution in [0.4, 0.5) is 0 Å². The molecule has 0 fully saturated rings. The minimum absolute atomic E-state index is 0.0291. The average Bonchev–Trinajstić information content (AvgIpc) is 3.66. The predicted octanol–water partition coefficient (Wildman–Crippen LogP) is 13.8. The Kier molecular flexibility index (Phi) is 9.60. The van der Waals surface area contributed by atoms with Crippen LogP contribution in [-0.2, 0) is 0 Å². The Morgan fingerprint density at radius 2 is 1.54 bits per heavy atom. The lowest BCUT2D eigenvalue weighted by molar-refractivity contribution is 0.459. The summed E-state index contributed by atoms with van der Waals surface area (Å²) in [5, 5.41) is 13.6. The molecule has 0 bridgehead atoms. The van der Waals surface area contributed by atoms with Crippen LogP contribution in [0, 0.1) is 23.2 Å². The summed E-state index contributed by atoms with van der Waals surface area (Å²) >= 11 is 0. The third-order valence-electron chi connectivity index (χ3n) is 14.0. The lowest BCUT2D eigenvalue weighted by Gasteiger charge is -2.40. The SMILES string of the molecule is N#CC1=C(C2=CCCC=C2)C=C(C2=CC=CCC2)C(CN)C1c1cccc(-n2c3ccccc3c3cc4c(cc32)-c2ccccc2C(C2C=CC=CC2)C4c2ccccc2)c1. The van der Waals surface area contributed by atoms with Crippen molar-refractivity contribution in [2.24, 2.45) is 17.6 Å². The van der Waals surface area contributed by atoms with Crippen molar-refractivity contribution in [3.63, 3.8) is 0 Å². The first-order chi connectivity index (χ1) is 30.2. The van der Waals surface area contributed by atoms with Gasteiger partial charge in [-0.05, 0) is 130 Å². The fourth-order valence-electron chi connectivity index (χ4n) is 11.4. The molecule has 3 heteroatoms. The number of benzene rings is 5. The molecule has 5 unspecified atom stereocenters. The highest BCUT2D eigenvalue weighted by Gasteiger charge is 2.40. The molecule has 61 heavy (non-hydrogen) atoms. The molecule has 11 rings (SSSR count). The highest BCUT2D eigenvalue weighted by Crippen LogP contribution is 2.55. The van der Waals surface area contributed by atoms with Gasteiger partial charge in [-0.3, -0.25) is 0 Å². The van der Waals surface area contributed by atoms with E-state index in [0.29, 0.717) is 18.4 Å². The van der Waals surface area contributed by atoms with E-state index in [2.05, 4.69) is 193 Å². The summed E-state index contributed by atoms with van der Waals surface area (Å²) in [6.45, 7) is 0.451. The van der Waals surface area contributed by atoms with Crippen LogP contribution in [0.2, 0.25) is 0 Å². The maximum atomic E-state index is 11.1. The summed E-state index contributed by atoms with van der Waals surface area (Å²) in [5.74, 6) is 0.665. The third-order valence-corrected chi connectivity index (χ3v) is 14.0. The fourth-order valence-corrected chi connectivity index (χ4v) is 11.4. The molecule has 1 aromatic heterocycles. The van der Waals surface area contributed by atoms with Crippen LogP contribution in [0.25, 0.3) is 38.6 Å². The minimum atomic E-state index is -0.187. The number of nitriles is 1. The van der Waals surface area contributed by atoms with Gasteiger partial charge < -0.3 is 10.3 Å². The molecule has 0 saturated heterocycles. The molecule has 1 heterocycles. The number of nitrogens with zero attached hydrogens (tertiary/aromatic N) is 2. The van der Waals surface area contributed by atoms with Gasteiger partial charge >= 0.3 is 0 Å². The first-order valence-electron chi connectivity index (χ1n) is 22.2. The van der Waals surface area contributed by atoms with Crippen molar-refractivity contribution >= 4 is 21.8 Å². The second kappa shape index (κ2) is 15.7. The molecule has 0 spiro atoms. The van der Waals surface area contributed by atoms with E-state index in [1.807, 2.05) is 0 Å². The van der Waals surface area contributed by atoms with Crippen LogP contribution >= 0.6 is 0 Å². The average molecular weight is 788 g/mol. The van der Waals surface area contributed by atoms with Crippen LogP contribution in [0.1, 0.15) is 72.1 Å². The van der Waals surface area contributed by atoms with Gasteiger partial charge in [-0.15, -0.1) is 0 Å². The summed E-state index contributed by atoms with van der Waals surface area (Å²) in [6.07, 6.45) is 29.9. The molecule has 5 aromatic carbocycles. The van der Waals surface area contributed by atoms with Crippen molar-refractivity contribution in [1.29, 1.82) is 5.26 Å². The Bertz CT molecular complexity index is 3020. The predicted molar refractivity (Wildman–Crippen MR) is 253 cm³/mol. The molecule has 5 aliphatic carbocycles. The van der Waals surface area contributed by atoms with E-state index in [0.717, 1.165) is 60.1 Å². The summed E-state index contributed by atoms with van der Waals surface area (Å²) in [7, 11) is 0. The molecule has 5 aliphatic rings. The van der Waals surface area contributed by atoms with E-state index >= 15 is 0 Å². The molecular formula is C58H49N3. The van der Waals surface area contributed by atoms with Gasteiger partial charge in [0, 0.05) is 52.2 Å². The van der Waals surface area contributed by atoms with Crippen molar-refractivity contribution in [2.45, 2.75) is 49.9 Å². The second-order valence-electron chi connectivity index (χ2n) is 17.3. The Morgan fingerprint density at radius 3 is 2.34 bits per heavy atom. The molecule has 0 aliphatic heterocycles. The van der Waals surface area contributed by atoms with Gasteiger partial charge in [0.25, 0.3) is 0 Å². The van der Waals surface area contributed by atoms with Crippen molar-refractivity contribution in [1.82, 2.24) is 4.57 Å². The van der Waals surface area contributed by atoms with Crippen LogP contribution in [0.3, 0.4) is 0 Å². The smallest absolute Gasteiger partial charge is 0.0960 e. The lowest BCUT2D eigenvalue weighted by Crippen LogP contribution is -2.29. The Hall–Kier alpha value is -6.73. The number of para-hydroxylation sites is 1. The van der Waals surface area contributed by atoms with E-state index in [-0.39, 0.29) is 17.8 Å². The first-order valence-corrected chi connectivity index (χ1v) is 22.2. The van der Waals surface area contributed by atoms with Crippen LogP contribution in [0.15, 0.2) is 210 Å². The minimum Gasteiger partial charge on any atom is -0.330 e. The molecule has 296 valence electrons. The molecule has 0 radical (unpaired) electrons. The zero-order valence-electron chi connectivity index (χ0n) is 34.4. The molecule has 0 amide bonds. The van der Waals surface area contributed by atoms with Crippen molar-refractivity contribution in [2.75, 3.05) is 6.54 Å². The number of fused-ring (bicyclic) bond motifs is 6. The highest BCUT2D eigenvalue weighted by molar-refractivity contribution is 6.11. The van der Waals surface area contributed by atoms with Crippen molar-refractivity contribution in [3.8, 4) is 22.9 Å². The van der Waals surface area contributed by atoms with Gasteiger partial charge in [0.05, 0.1) is 17.1 Å². The molecule has 5 atom stereocenters. The van der Waals surface area contributed by atoms with E-state index in [9.17, 15) is 5.26 Å². The normalized spacial score (nSPS) is 23.0. The number of hydrogen-bond donors (Lipinski definition) is 1. The standard InChI is InChI=1S/C58H49N3/c59-36-52-47(38-18-5-1-6-19-38)33-48(39-20-7-2-8-21-39)53(37-60)56(52)42-26-17-27-43(32-42)61-54-31-16-15-29-45(54)50-34-51-49(35-55(50)61)44-28-13-14-30-46(44)57(40-22-9-3-10-23-40)58(51)41-24-11-4-12-25-41/h1,3-5,7,9-18,20-22,24-35,40,52,56-58H,2,6,8,19,23,36,59H2. The summed E-state index contributed by atoms with van der Waals surface area (Å²) in [6, 6.07) is 46.0. The first kappa shape index (κ1) is 37.3. The van der Waals surface area contributed by atoms with Gasteiger partial charge in [-0.2, -0.15) is 5.26 Å². The summed E-state index contributed by atoms with van der Waals surface area (Å²) in [5.41, 5.74) is 23.8.